The van der Waals surface area contributed by atoms with Crippen LogP contribution in [-0.2, 0) is 6.54 Å². The van der Waals surface area contributed by atoms with Crippen LogP contribution in [-0.4, -0.2) is 7.05 Å². The van der Waals surface area contributed by atoms with Gasteiger partial charge in [-0.3, -0.25) is 0 Å². The molecule has 2 rings (SSSR count). The zero-order valence-electron chi connectivity index (χ0n) is 8.76. The molecule has 2 nitrogen and oxygen atoms in total. The highest BCUT2D eigenvalue weighted by Gasteiger charge is 2.07. The zero-order valence-corrected chi connectivity index (χ0v) is 8.76. The maximum absolute atomic E-state index is 13.0. The third kappa shape index (κ3) is 2.12. The third-order valence-corrected chi connectivity index (χ3v) is 2.22. The Balaban J connectivity index is 2.31. The van der Waals surface area contributed by atoms with Gasteiger partial charge in [-0.1, -0.05) is 0 Å². The van der Waals surface area contributed by atoms with Crippen molar-refractivity contribution in [1.29, 1.82) is 0 Å². The van der Waals surface area contributed by atoms with Crippen molar-refractivity contribution in [1.82, 2.24) is 5.32 Å². The molecule has 0 fully saturated rings. The van der Waals surface area contributed by atoms with Gasteiger partial charge in [-0.05, 0) is 37.4 Å². The quantitative estimate of drug-likeness (QED) is 0.865. The van der Waals surface area contributed by atoms with E-state index < -0.39 is 11.6 Å². The molecule has 16 heavy (non-hydrogen) atoms. The number of benzene rings is 1. The Labute approximate surface area is 91.9 Å². The number of nitrogens with one attached hydrogen (secondary N) is 1. The van der Waals surface area contributed by atoms with Crippen LogP contribution < -0.4 is 5.32 Å². The lowest BCUT2D eigenvalue weighted by Gasteiger charge is -1.98. The Bertz CT molecular complexity index is 494. The van der Waals surface area contributed by atoms with E-state index >= 15 is 0 Å². The fourth-order valence-electron chi connectivity index (χ4n) is 1.45. The van der Waals surface area contributed by atoms with E-state index in [-0.39, 0.29) is 0 Å². The lowest BCUT2D eigenvalue weighted by Crippen LogP contribution is -2.03. The van der Waals surface area contributed by atoms with Gasteiger partial charge in [0.15, 0.2) is 11.6 Å². The van der Waals surface area contributed by atoms with Gasteiger partial charge in [-0.15, -0.1) is 0 Å². The smallest absolute Gasteiger partial charge is 0.159 e. The highest BCUT2D eigenvalue weighted by atomic mass is 19.2. The largest absolute Gasteiger partial charge is 0.460 e. The van der Waals surface area contributed by atoms with Crippen LogP contribution in [0, 0.1) is 11.6 Å². The molecule has 1 N–H and O–H groups in total. The molecule has 0 bridgehead atoms. The van der Waals surface area contributed by atoms with Gasteiger partial charge in [0.1, 0.15) is 11.5 Å². The van der Waals surface area contributed by atoms with E-state index in [1.165, 1.54) is 6.07 Å². The van der Waals surface area contributed by atoms with Crippen LogP contribution >= 0.6 is 0 Å². The summed E-state index contributed by atoms with van der Waals surface area (Å²) in [6, 6.07) is 7.23. The molecule has 0 amide bonds. The maximum atomic E-state index is 13.0. The standard InChI is InChI=1S/C12H11F2NO/c1-15-7-9-3-5-12(16-9)8-2-4-10(13)11(14)6-8/h2-6,15H,7H2,1H3. The van der Waals surface area contributed by atoms with Gasteiger partial charge >= 0.3 is 0 Å². The molecular weight excluding hydrogens is 212 g/mol. The van der Waals surface area contributed by atoms with Gasteiger partial charge in [-0.25, -0.2) is 8.78 Å². The number of rotatable bonds is 3. The van der Waals surface area contributed by atoms with Gasteiger partial charge in [0.25, 0.3) is 0 Å². The second-order valence-electron chi connectivity index (χ2n) is 3.43. The molecule has 1 aromatic heterocycles. The van der Waals surface area contributed by atoms with E-state index in [1.54, 1.807) is 19.2 Å². The first-order valence-corrected chi connectivity index (χ1v) is 4.89. The highest BCUT2D eigenvalue weighted by molar-refractivity contribution is 5.57. The molecule has 0 unspecified atom stereocenters. The minimum absolute atomic E-state index is 0.529. The summed E-state index contributed by atoms with van der Waals surface area (Å²) in [6.07, 6.45) is 0. The molecule has 84 valence electrons. The fourth-order valence-corrected chi connectivity index (χ4v) is 1.45. The Morgan fingerprint density at radius 2 is 1.94 bits per heavy atom. The van der Waals surface area contributed by atoms with Crippen molar-refractivity contribution in [3.8, 4) is 11.3 Å². The van der Waals surface area contributed by atoms with Crippen molar-refractivity contribution < 1.29 is 13.2 Å². The minimum Gasteiger partial charge on any atom is -0.460 e. The van der Waals surface area contributed by atoms with Crippen LogP contribution in [0.15, 0.2) is 34.7 Å². The molecule has 4 heteroatoms. The SMILES string of the molecule is CNCc1ccc(-c2ccc(F)c(F)c2)o1. The third-order valence-electron chi connectivity index (χ3n) is 2.22. The van der Waals surface area contributed by atoms with Gasteiger partial charge in [0.05, 0.1) is 6.54 Å². The van der Waals surface area contributed by atoms with Gasteiger partial charge in [0, 0.05) is 5.56 Å². The first kappa shape index (κ1) is 10.8. The average Bonchev–Trinajstić information content (AvgIpc) is 2.71. The summed E-state index contributed by atoms with van der Waals surface area (Å²) in [7, 11) is 1.81. The molecule has 0 saturated heterocycles. The van der Waals surface area contributed by atoms with Crippen LogP contribution in [0.25, 0.3) is 11.3 Å². The van der Waals surface area contributed by atoms with Gasteiger partial charge in [0.2, 0.25) is 0 Å². The molecule has 0 aliphatic rings. The summed E-state index contributed by atoms with van der Waals surface area (Å²) in [5.74, 6) is -0.443. The van der Waals surface area contributed by atoms with E-state index in [9.17, 15) is 8.78 Å². The molecule has 1 aromatic carbocycles. The molecule has 0 aliphatic carbocycles. The second kappa shape index (κ2) is 4.45. The second-order valence-corrected chi connectivity index (χ2v) is 3.43. The Kier molecular flexibility index (Phi) is 3.01. The van der Waals surface area contributed by atoms with Crippen molar-refractivity contribution in [3.05, 3.63) is 47.7 Å². The minimum atomic E-state index is -0.871. The normalized spacial score (nSPS) is 10.7. The van der Waals surface area contributed by atoms with Crippen LogP contribution in [0.4, 0.5) is 8.78 Å². The molecular formula is C12H11F2NO. The molecule has 2 aromatic rings. The first-order valence-electron chi connectivity index (χ1n) is 4.89. The number of hydrogen-bond donors (Lipinski definition) is 1. The van der Waals surface area contributed by atoms with E-state index in [0.29, 0.717) is 17.9 Å². The van der Waals surface area contributed by atoms with Crippen LogP contribution in [0.2, 0.25) is 0 Å². The van der Waals surface area contributed by atoms with Gasteiger partial charge in [-0.2, -0.15) is 0 Å². The van der Waals surface area contributed by atoms with E-state index in [0.717, 1.165) is 17.9 Å². The van der Waals surface area contributed by atoms with Gasteiger partial charge < -0.3 is 9.73 Å². The van der Waals surface area contributed by atoms with Crippen molar-refractivity contribution in [3.63, 3.8) is 0 Å². The van der Waals surface area contributed by atoms with Crippen molar-refractivity contribution in [2.45, 2.75) is 6.54 Å². The maximum Gasteiger partial charge on any atom is 0.159 e. The lowest BCUT2D eigenvalue weighted by molar-refractivity contribution is 0.499. The highest BCUT2D eigenvalue weighted by Crippen LogP contribution is 2.23. The molecule has 0 spiro atoms. The van der Waals surface area contributed by atoms with Crippen molar-refractivity contribution >= 4 is 0 Å². The molecule has 0 aliphatic heterocycles. The van der Waals surface area contributed by atoms with E-state index in [1.807, 2.05) is 0 Å². The van der Waals surface area contributed by atoms with Crippen LogP contribution in [0.1, 0.15) is 5.76 Å². The Morgan fingerprint density at radius 3 is 2.62 bits per heavy atom. The summed E-state index contributed by atoms with van der Waals surface area (Å²) in [4.78, 5) is 0. The summed E-state index contributed by atoms with van der Waals surface area (Å²) in [5, 5.41) is 2.94. The predicted octanol–water partition coefficient (Wildman–Crippen LogP) is 2.94. The topological polar surface area (TPSA) is 25.2 Å². The van der Waals surface area contributed by atoms with E-state index in [4.69, 9.17) is 4.42 Å². The summed E-state index contributed by atoms with van der Waals surface area (Å²) < 4.78 is 31.2. The molecule has 0 saturated carbocycles. The fraction of sp³-hybridized carbons (Fsp3) is 0.167. The number of furan rings is 1. The first-order chi connectivity index (χ1) is 7.70. The summed E-state index contributed by atoms with van der Waals surface area (Å²) in [6.45, 7) is 0.601. The van der Waals surface area contributed by atoms with Crippen LogP contribution in [0.3, 0.4) is 0 Å². The average molecular weight is 223 g/mol. The monoisotopic (exact) mass is 223 g/mol. The molecule has 0 atom stereocenters. The zero-order chi connectivity index (χ0) is 11.5. The number of halogens is 2. The Hall–Kier alpha value is -1.68. The van der Waals surface area contributed by atoms with E-state index in [2.05, 4.69) is 5.32 Å². The predicted molar refractivity (Wildman–Crippen MR) is 56.8 cm³/mol. The molecule has 1 heterocycles. The van der Waals surface area contributed by atoms with Crippen LogP contribution in [0.5, 0.6) is 0 Å². The van der Waals surface area contributed by atoms with Crippen molar-refractivity contribution in [2.24, 2.45) is 0 Å². The summed E-state index contributed by atoms with van der Waals surface area (Å²) >= 11 is 0. The lowest BCUT2D eigenvalue weighted by atomic mass is 10.1. The number of hydrogen-bond acceptors (Lipinski definition) is 2. The summed E-state index contributed by atoms with van der Waals surface area (Å²) in [5.41, 5.74) is 0.529. The molecule has 0 radical (unpaired) electrons. The Morgan fingerprint density at radius 1 is 1.12 bits per heavy atom. The van der Waals surface area contributed by atoms with Crippen molar-refractivity contribution in [2.75, 3.05) is 7.05 Å².